The van der Waals surface area contributed by atoms with Crippen LogP contribution in [0.5, 0.6) is 0 Å². The van der Waals surface area contributed by atoms with Crippen molar-refractivity contribution >= 4 is 16.8 Å². The number of amides is 1. The topological polar surface area (TPSA) is 86.5 Å². The van der Waals surface area contributed by atoms with Gasteiger partial charge in [-0.15, -0.1) is 0 Å². The number of aliphatic hydroxyl groups is 1. The zero-order valence-electron chi connectivity index (χ0n) is 14.2. The normalized spacial score (nSPS) is 11.0. The summed E-state index contributed by atoms with van der Waals surface area (Å²) in [5.41, 5.74) is 3.22. The molecule has 3 aromatic rings. The van der Waals surface area contributed by atoms with Crippen LogP contribution in [0.1, 0.15) is 27.2 Å². The van der Waals surface area contributed by atoms with Gasteiger partial charge in [-0.1, -0.05) is 0 Å². The molecule has 0 bridgehead atoms. The van der Waals surface area contributed by atoms with E-state index in [2.05, 4.69) is 4.98 Å². The number of nitrogens with zero attached hydrogens (tertiary/aromatic N) is 1. The summed E-state index contributed by atoms with van der Waals surface area (Å²) in [6, 6.07) is 8.92. The van der Waals surface area contributed by atoms with E-state index in [9.17, 15) is 14.7 Å². The van der Waals surface area contributed by atoms with E-state index in [1.54, 1.807) is 18.2 Å². The molecule has 0 unspecified atom stereocenters. The number of aryl methyl sites for hydroxylation is 2. The Morgan fingerprint density at radius 1 is 1.24 bits per heavy atom. The van der Waals surface area contributed by atoms with Gasteiger partial charge in [0.1, 0.15) is 0 Å². The number of aromatic amines is 1. The van der Waals surface area contributed by atoms with E-state index < -0.39 is 0 Å². The zero-order chi connectivity index (χ0) is 18.0. The van der Waals surface area contributed by atoms with Crippen LogP contribution in [-0.4, -0.2) is 34.0 Å². The third-order valence-corrected chi connectivity index (χ3v) is 4.29. The Morgan fingerprint density at radius 3 is 2.68 bits per heavy atom. The van der Waals surface area contributed by atoms with Crippen LogP contribution in [0.3, 0.4) is 0 Å². The van der Waals surface area contributed by atoms with Crippen LogP contribution in [0, 0.1) is 13.8 Å². The van der Waals surface area contributed by atoms with Gasteiger partial charge in [-0.25, -0.2) is 0 Å². The lowest BCUT2D eigenvalue weighted by Crippen LogP contribution is -2.34. The smallest absolute Gasteiger partial charge is 0.289 e. The average Bonchev–Trinajstić information content (AvgIpc) is 3.11. The fourth-order valence-electron chi connectivity index (χ4n) is 2.77. The first-order valence-corrected chi connectivity index (χ1v) is 8.06. The van der Waals surface area contributed by atoms with Crippen LogP contribution in [-0.2, 0) is 6.54 Å². The number of carbonyl (C=O) groups excluding carboxylic acids is 1. The lowest BCUT2D eigenvalue weighted by Gasteiger charge is -2.20. The van der Waals surface area contributed by atoms with E-state index in [1.807, 2.05) is 26.0 Å². The number of carbonyl (C=O) groups is 1. The molecule has 2 aromatic heterocycles. The second kappa shape index (κ2) is 6.94. The maximum absolute atomic E-state index is 12.5. The Morgan fingerprint density at radius 2 is 2.00 bits per heavy atom. The maximum Gasteiger partial charge on any atom is 0.289 e. The molecule has 25 heavy (non-hydrogen) atoms. The van der Waals surface area contributed by atoms with Gasteiger partial charge >= 0.3 is 0 Å². The molecule has 1 aromatic carbocycles. The SMILES string of the molecule is Cc1cc2cc(CN(CCO)C(=O)c3ccco3)c(=O)[nH]c2cc1C. The van der Waals surface area contributed by atoms with Crippen LogP contribution in [0.25, 0.3) is 10.9 Å². The fraction of sp³-hybridized carbons (Fsp3) is 0.263. The summed E-state index contributed by atoms with van der Waals surface area (Å²) >= 11 is 0. The zero-order valence-corrected chi connectivity index (χ0v) is 14.2. The first kappa shape index (κ1) is 17.0. The van der Waals surface area contributed by atoms with E-state index in [0.717, 1.165) is 22.0 Å². The lowest BCUT2D eigenvalue weighted by atomic mass is 10.0. The minimum absolute atomic E-state index is 0.0955. The molecule has 6 nitrogen and oxygen atoms in total. The Kier molecular flexibility index (Phi) is 4.72. The minimum Gasteiger partial charge on any atom is -0.459 e. The number of H-pyrrole nitrogens is 1. The van der Waals surface area contributed by atoms with E-state index in [0.29, 0.717) is 5.56 Å². The number of pyridine rings is 1. The molecule has 0 saturated heterocycles. The van der Waals surface area contributed by atoms with Crippen molar-refractivity contribution in [1.82, 2.24) is 9.88 Å². The predicted molar refractivity (Wildman–Crippen MR) is 94.6 cm³/mol. The van der Waals surface area contributed by atoms with Crippen molar-refractivity contribution in [2.45, 2.75) is 20.4 Å². The van der Waals surface area contributed by atoms with Crippen molar-refractivity contribution in [3.63, 3.8) is 0 Å². The third kappa shape index (κ3) is 3.49. The molecular formula is C19H20N2O4. The quantitative estimate of drug-likeness (QED) is 0.746. The van der Waals surface area contributed by atoms with Crippen LogP contribution >= 0.6 is 0 Å². The first-order valence-electron chi connectivity index (χ1n) is 8.06. The van der Waals surface area contributed by atoms with Crippen LogP contribution < -0.4 is 5.56 Å². The maximum atomic E-state index is 12.5. The summed E-state index contributed by atoms with van der Waals surface area (Å²) in [7, 11) is 0. The summed E-state index contributed by atoms with van der Waals surface area (Å²) in [6.45, 7) is 4.02. The van der Waals surface area contributed by atoms with Gasteiger partial charge in [0.2, 0.25) is 0 Å². The van der Waals surface area contributed by atoms with E-state index in [4.69, 9.17) is 4.42 Å². The number of aliphatic hydroxyl groups excluding tert-OH is 1. The molecule has 6 heteroatoms. The highest BCUT2D eigenvalue weighted by molar-refractivity contribution is 5.91. The average molecular weight is 340 g/mol. The van der Waals surface area contributed by atoms with Crippen LogP contribution in [0.15, 0.2) is 45.8 Å². The van der Waals surface area contributed by atoms with Crippen molar-refractivity contribution < 1.29 is 14.3 Å². The van der Waals surface area contributed by atoms with Gasteiger partial charge in [-0.3, -0.25) is 9.59 Å². The van der Waals surface area contributed by atoms with Crippen molar-refractivity contribution in [3.05, 3.63) is 69.4 Å². The molecule has 2 heterocycles. The third-order valence-electron chi connectivity index (χ3n) is 4.29. The number of hydrogen-bond donors (Lipinski definition) is 2. The van der Waals surface area contributed by atoms with E-state index >= 15 is 0 Å². The Hall–Kier alpha value is -2.86. The number of nitrogens with one attached hydrogen (secondary N) is 1. The summed E-state index contributed by atoms with van der Waals surface area (Å²) in [4.78, 5) is 29.1. The molecule has 0 spiro atoms. The molecular weight excluding hydrogens is 320 g/mol. The van der Waals surface area contributed by atoms with Gasteiger partial charge < -0.3 is 19.4 Å². The Balaban J connectivity index is 1.96. The van der Waals surface area contributed by atoms with Crippen molar-refractivity contribution in [2.75, 3.05) is 13.2 Å². The molecule has 0 radical (unpaired) electrons. The van der Waals surface area contributed by atoms with Gasteiger partial charge in [0.05, 0.1) is 19.4 Å². The Bertz CT molecular complexity index is 957. The monoisotopic (exact) mass is 340 g/mol. The van der Waals surface area contributed by atoms with Gasteiger partial charge in [0.15, 0.2) is 5.76 Å². The van der Waals surface area contributed by atoms with E-state index in [1.165, 1.54) is 11.2 Å². The van der Waals surface area contributed by atoms with Gasteiger partial charge in [-0.2, -0.15) is 0 Å². The number of hydrogen-bond acceptors (Lipinski definition) is 4. The number of benzene rings is 1. The Labute approximate surface area is 144 Å². The highest BCUT2D eigenvalue weighted by Crippen LogP contribution is 2.18. The fourth-order valence-corrected chi connectivity index (χ4v) is 2.77. The highest BCUT2D eigenvalue weighted by Gasteiger charge is 2.19. The van der Waals surface area contributed by atoms with Gasteiger partial charge in [-0.05, 0) is 60.7 Å². The first-order chi connectivity index (χ1) is 12.0. The molecule has 3 rings (SSSR count). The molecule has 0 atom stereocenters. The standard InChI is InChI=1S/C19H20N2O4/c1-12-8-14-10-15(18(23)20-16(14)9-13(12)2)11-21(5-6-22)19(24)17-4-3-7-25-17/h3-4,7-10,22H,5-6,11H2,1-2H3,(H,20,23). The summed E-state index contributed by atoms with van der Waals surface area (Å²) < 4.78 is 5.13. The molecule has 0 fully saturated rings. The number of furan rings is 1. The predicted octanol–water partition coefficient (Wildman–Crippen LogP) is 2.37. The van der Waals surface area contributed by atoms with E-state index in [-0.39, 0.29) is 36.9 Å². The summed E-state index contributed by atoms with van der Waals surface area (Å²) in [6.07, 6.45) is 1.41. The molecule has 1 amide bonds. The minimum atomic E-state index is -0.362. The highest BCUT2D eigenvalue weighted by atomic mass is 16.3. The lowest BCUT2D eigenvalue weighted by molar-refractivity contribution is 0.0675. The molecule has 0 aliphatic rings. The molecule has 0 aliphatic heterocycles. The van der Waals surface area contributed by atoms with Crippen LogP contribution in [0.2, 0.25) is 0 Å². The summed E-state index contributed by atoms with van der Waals surface area (Å²) in [5, 5.41) is 10.2. The number of fused-ring (bicyclic) bond motifs is 1. The number of aromatic nitrogens is 1. The largest absolute Gasteiger partial charge is 0.459 e. The van der Waals surface area contributed by atoms with Gasteiger partial charge in [0.25, 0.3) is 11.5 Å². The molecule has 0 saturated carbocycles. The van der Waals surface area contributed by atoms with Crippen LogP contribution in [0.4, 0.5) is 0 Å². The van der Waals surface area contributed by atoms with Crippen molar-refractivity contribution in [2.24, 2.45) is 0 Å². The second-order valence-electron chi connectivity index (χ2n) is 6.08. The summed E-state index contributed by atoms with van der Waals surface area (Å²) in [5.74, 6) is -0.184. The second-order valence-corrected chi connectivity index (χ2v) is 6.08. The van der Waals surface area contributed by atoms with Gasteiger partial charge in [0, 0.05) is 17.6 Å². The molecule has 2 N–H and O–H groups in total. The molecule has 0 aliphatic carbocycles. The molecule has 130 valence electrons. The van der Waals surface area contributed by atoms with Crippen molar-refractivity contribution in [3.8, 4) is 0 Å². The van der Waals surface area contributed by atoms with Crippen molar-refractivity contribution in [1.29, 1.82) is 0 Å². The number of rotatable bonds is 5.